The third-order valence-corrected chi connectivity index (χ3v) is 5.22. The summed E-state index contributed by atoms with van der Waals surface area (Å²) in [6.07, 6.45) is 2.18. The summed E-state index contributed by atoms with van der Waals surface area (Å²) >= 11 is 3.42. The van der Waals surface area contributed by atoms with Crippen molar-refractivity contribution in [3.05, 3.63) is 82.0 Å². The van der Waals surface area contributed by atoms with Crippen molar-refractivity contribution in [3.63, 3.8) is 0 Å². The fourth-order valence-electron chi connectivity index (χ4n) is 3.14. The van der Waals surface area contributed by atoms with E-state index < -0.39 is 17.8 Å². The quantitative estimate of drug-likeness (QED) is 0.438. The van der Waals surface area contributed by atoms with Crippen LogP contribution >= 0.6 is 15.9 Å². The normalized spacial score (nSPS) is 15.6. The number of hydrogen-bond donors (Lipinski definition) is 1. The third kappa shape index (κ3) is 3.84. The molecular formula is C23H17BrN2O4. The molecule has 1 saturated heterocycles. The van der Waals surface area contributed by atoms with Crippen LogP contribution in [0.15, 0.2) is 75.1 Å². The molecule has 0 aliphatic carbocycles. The zero-order chi connectivity index (χ0) is 21.3. The number of furan rings is 1. The fraction of sp³-hybridized carbons (Fsp3) is 0.0870. The molecule has 150 valence electrons. The van der Waals surface area contributed by atoms with E-state index in [1.807, 2.05) is 43.3 Å². The maximum absolute atomic E-state index is 13.0. The van der Waals surface area contributed by atoms with Gasteiger partial charge in [-0.25, -0.2) is 9.69 Å². The van der Waals surface area contributed by atoms with E-state index in [9.17, 15) is 14.4 Å². The molecule has 4 amide bonds. The van der Waals surface area contributed by atoms with Gasteiger partial charge >= 0.3 is 6.03 Å². The van der Waals surface area contributed by atoms with Crippen LogP contribution in [0.3, 0.4) is 0 Å². The van der Waals surface area contributed by atoms with Crippen molar-refractivity contribution in [2.24, 2.45) is 0 Å². The van der Waals surface area contributed by atoms with Crippen LogP contribution in [-0.4, -0.2) is 17.8 Å². The summed E-state index contributed by atoms with van der Waals surface area (Å²) in [6, 6.07) is 17.3. The second-order valence-corrected chi connectivity index (χ2v) is 7.61. The average Bonchev–Trinajstić information content (AvgIpc) is 3.20. The molecular weight excluding hydrogens is 448 g/mol. The van der Waals surface area contributed by atoms with Gasteiger partial charge in [0.25, 0.3) is 11.8 Å². The maximum atomic E-state index is 13.0. The van der Waals surface area contributed by atoms with Crippen molar-refractivity contribution in [1.29, 1.82) is 0 Å². The van der Waals surface area contributed by atoms with Crippen molar-refractivity contribution in [3.8, 4) is 11.3 Å². The molecule has 3 aromatic rings. The molecule has 0 spiro atoms. The number of carbonyl (C=O) groups excluding carboxylic acids is 3. The highest BCUT2D eigenvalue weighted by Crippen LogP contribution is 2.27. The van der Waals surface area contributed by atoms with Crippen LogP contribution in [0.2, 0.25) is 0 Å². The first-order chi connectivity index (χ1) is 14.5. The highest BCUT2D eigenvalue weighted by molar-refractivity contribution is 9.10. The lowest BCUT2D eigenvalue weighted by Gasteiger charge is -2.26. The van der Waals surface area contributed by atoms with Gasteiger partial charge in [0.15, 0.2) is 0 Å². The smallest absolute Gasteiger partial charge is 0.335 e. The minimum absolute atomic E-state index is 0.177. The van der Waals surface area contributed by atoms with Crippen molar-refractivity contribution in [2.75, 3.05) is 4.90 Å². The predicted octanol–water partition coefficient (Wildman–Crippen LogP) is 4.94. The van der Waals surface area contributed by atoms with Gasteiger partial charge in [0.2, 0.25) is 0 Å². The Morgan fingerprint density at radius 1 is 1.03 bits per heavy atom. The van der Waals surface area contributed by atoms with E-state index in [0.29, 0.717) is 17.2 Å². The summed E-state index contributed by atoms with van der Waals surface area (Å²) in [4.78, 5) is 38.5. The van der Waals surface area contributed by atoms with E-state index >= 15 is 0 Å². The standard InChI is InChI=1S/C23H17BrN2O4/c1-2-14-6-8-17(9-7-14)26-22(28)19(21(27)25-23(26)29)13-18-10-11-20(30-18)15-4-3-5-16(24)12-15/h3-13H,2H2,1H3,(H,25,27,29)/b19-13-. The number of anilines is 1. The zero-order valence-electron chi connectivity index (χ0n) is 16.0. The molecule has 1 aromatic heterocycles. The highest BCUT2D eigenvalue weighted by Gasteiger charge is 2.37. The number of nitrogens with zero attached hydrogens (tertiary/aromatic N) is 1. The summed E-state index contributed by atoms with van der Waals surface area (Å²) in [5.74, 6) is -0.533. The molecule has 0 radical (unpaired) electrons. The largest absolute Gasteiger partial charge is 0.457 e. The molecule has 1 aliphatic rings. The number of imide groups is 2. The summed E-state index contributed by atoms with van der Waals surface area (Å²) in [6.45, 7) is 2.01. The molecule has 1 aliphatic heterocycles. The minimum atomic E-state index is -0.777. The molecule has 6 nitrogen and oxygen atoms in total. The second-order valence-electron chi connectivity index (χ2n) is 6.69. The van der Waals surface area contributed by atoms with Crippen LogP contribution in [0.25, 0.3) is 17.4 Å². The number of aryl methyl sites for hydroxylation is 1. The molecule has 1 fully saturated rings. The molecule has 2 aromatic carbocycles. The Morgan fingerprint density at radius 2 is 1.80 bits per heavy atom. The predicted molar refractivity (Wildman–Crippen MR) is 117 cm³/mol. The summed E-state index contributed by atoms with van der Waals surface area (Å²) in [5.41, 5.74) is 2.14. The van der Waals surface area contributed by atoms with Crippen LogP contribution in [0, 0.1) is 0 Å². The Kier molecular flexibility index (Phi) is 5.37. The molecule has 0 saturated carbocycles. The number of benzene rings is 2. The van der Waals surface area contributed by atoms with Gasteiger partial charge in [-0.15, -0.1) is 0 Å². The first-order valence-corrected chi connectivity index (χ1v) is 10.1. The Hall–Kier alpha value is -3.45. The number of barbiturate groups is 1. The molecule has 1 N–H and O–H groups in total. The molecule has 0 unspecified atom stereocenters. The average molecular weight is 465 g/mol. The highest BCUT2D eigenvalue weighted by atomic mass is 79.9. The van der Waals surface area contributed by atoms with Crippen molar-refractivity contribution in [1.82, 2.24) is 5.32 Å². The Labute approximate surface area is 181 Å². The number of nitrogens with one attached hydrogen (secondary N) is 1. The SMILES string of the molecule is CCc1ccc(N2C(=O)NC(=O)/C(=C/c3ccc(-c4cccc(Br)c4)o3)C2=O)cc1. The van der Waals surface area contributed by atoms with Crippen molar-refractivity contribution < 1.29 is 18.8 Å². The lowest BCUT2D eigenvalue weighted by molar-refractivity contribution is -0.122. The van der Waals surface area contributed by atoms with Crippen molar-refractivity contribution in [2.45, 2.75) is 13.3 Å². The van der Waals surface area contributed by atoms with Gasteiger partial charge < -0.3 is 4.42 Å². The summed E-state index contributed by atoms with van der Waals surface area (Å²) in [7, 11) is 0. The number of urea groups is 1. The molecule has 0 atom stereocenters. The third-order valence-electron chi connectivity index (χ3n) is 4.73. The lowest BCUT2D eigenvalue weighted by atomic mass is 10.1. The number of rotatable bonds is 4. The van der Waals surface area contributed by atoms with Crippen LogP contribution < -0.4 is 10.2 Å². The number of amides is 4. The van der Waals surface area contributed by atoms with E-state index in [2.05, 4.69) is 21.2 Å². The van der Waals surface area contributed by atoms with E-state index in [0.717, 1.165) is 26.9 Å². The first kappa shape index (κ1) is 19.8. The number of hydrogen-bond acceptors (Lipinski definition) is 4. The zero-order valence-corrected chi connectivity index (χ0v) is 17.6. The van der Waals surface area contributed by atoms with Crippen molar-refractivity contribution >= 4 is 45.5 Å². The van der Waals surface area contributed by atoms with Crippen LogP contribution in [0.4, 0.5) is 10.5 Å². The molecule has 4 rings (SSSR count). The molecule has 30 heavy (non-hydrogen) atoms. The molecule has 0 bridgehead atoms. The van der Waals surface area contributed by atoms with Gasteiger partial charge in [-0.2, -0.15) is 0 Å². The first-order valence-electron chi connectivity index (χ1n) is 9.32. The van der Waals surface area contributed by atoms with Gasteiger partial charge in [-0.3, -0.25) is 14.9 Å². The van der Waals surface area contributed by atoms with Gasteiger partial charge in [0.1, 0.15) is 17.1 Å². The maximum Gasteiger partial charge on any atom is 0.335 e. The second kappa shape index (κ2) is 8.12. The van der Waals surface area contributed by atoms with E-state index in [1.54, 1.807) is 24.3 Å². The molecule has 2 heterocycles. The number of halogens is 1. The van der Waals surface area contributed by atoms with Gasteiger partial charge in [-0.05, 0) is 54.5 Å². The van der Waals surface area contributed by atoms with E-state index in [-0.39, 0.29) is 5.57 Å². The monoisotopic (exact) mass is 464 g/mol. The fourth-order valence-corrected chi connectivity index (χ4v) is 3.54. The van der Waals surface area contributed by atoms with E-state index in [4.69, 9.17) is 4.42 Å². The van der Waals surface area contributed by atoms with Gasteiger partial charge in [0.05, 0.1) is 5.69 Å². The topological polar surface area (TPSA) is 79.6 Å². The van der Waals surface area contributed by atoms with Crippen LogP contribution in [0.1, 0.15) is 18.2 Å². The molecule has 7 heteroatoms. The van der Waals surface area contributed by atoms with Crippen LogP contribution in [-0.2, 0) is 16.0 Å². The number of carbonyl (C=O) groups is 3. The summed E-state index contributed by atoms with van der Waals surface area (Å²) < 4.78 is 6.69. The Bertz CT molecular complexity index is 1180. The van der Waals surface area contributed by atoms with Gasteiger partial charge in [-0.1, -0.05) is 47.1 Å². The lowest BCUT2D eigenvalue weighted by Crippen LogP contribution is -2.54. The van der Waals surface area contributed by atoms with Crippen LogP contribution in [0.5, 0.6) is 0 Å². The minimum Gasteiger partial charge on any atom is -0.457 e. The van der Waals surface area contributed by atoms with Gasteiger partial charge in [0, 0.05) is 10.0 Å². The Balaban J connectivity index is 1.66. The Morgan fingerprint density at radius 3 is 2.50 bits per heavy atom. The van der Waals surface area contributed by atoms with E-state index in [1.165, 1.54) is 6.08 Å². The summed E-state index contributed by atoms with van der Waals surface area (Å²) in [5, 5.41) is 2.21.